The minimum Gasteiger partial charge on any atom is -0.339 e. The average molecular weight is 445 g/mol. The van der Waals surface area contributed by atoms with Crippen LogP contribution in [-0.2, 0) is 13.5 Å². The molecule has 0 bridgehead atoms. The van der Waals surface area contributed by atoms with Gasteiger partial charge in [-0.2, -0.15) is 10.1 Å². The SMILES string of the molecule is Cn1nc(-c2ccccc2)cc1C(=O)N1CCCC(Cc2nc(-c3ccccc3F)no2)C1. The molecule has 1 fully saturated rings. The number of carbonyl (C=O) groups is 1. The van der Waals surface area contributed by atoms with Crippen molar-refractivity contribution in [1.29, 1.82) is 0 Å². The maximum Gasteiger partial charge on any atom is 0.272 e. The van der Waals surface area contributed by atoms with Gasteiger partial charge in [0.15, 0.2) is 0 Å². The maximum absolute atomic E-state index is 14.0. The normalized spacial score (nSPS) is 16.2. The molecule has 5 rings (SSSR count). The van der Waals surface area contributed by atoms with E-state index in [4.69, 9.17) is 4.52 Å². The molecule has 0 spiro atoms. The Morgan fingerprint density at radius 3 is 2.76 bits per heavy atom. The second-order valence-electron chi connectivity index (χ2n) is 8.36. The highest BCUT2D eigenvalue weighted by atomic mass is 19.1. The molecule has 1 atom stereocenters. The fourth-order valence-corrected chi connectivity index (χ4v) is 4.33. The summed E-state index contributed by atoms with van der Waals surface area (Å²) in [5.74, 6) is 0.479. The quantitative estimate of drug-likeness (QED) is 0.456. The van der Waals surface area contributed by atoms with Crippen LogP contribution in [0.15, 0.2) is 65.2 Å². The number of hydrogen-bond donors (Lipinski definition) is 0. The monoisotopic (exact) mass is 445 g/mol. The molecule has 168 valence electrons. The molecule has 1 amide bonds. The number of amides is 1. The molecule has 1 saturated heterocycles. The summed E-state index contributed by atoms with van der Waals surface area (Å²) in [6, 6.07) is 18.0. The van der Waals surface area contributed by atoms with Crippen molar-refractivity contribution in [3.63, 3.8) is 0 Å². The maximum atomic E-state index is 14.0. The zero-order chi connectivity index (χ0) is 22.8. The van der Waals surface area contributed by atoms with Gasteiger partial charge in [0, 0.05) is 32.1 Å². The first-order valence-electron chi connectivity index (χ1n) is 11.0. The summed E-state index contributed by atoms with van der Waals surface area (Å²) >= 11 is 0. The van der Waals surface area contributed by atoms with Crippen molar-refractivity contribution in [3.8, 4) is 22.6 Å². The van der Waals surface area contributed by atoms with Gasteiger partial charge in [0.2, 0.25) is 11.7 Å². The van der Waals surface area contributed by atoms with E-state index in [1.165, 1.54) is 6.07 Å². The summed E-state index contributed by atoms with van der Waals surface area (Å²) < 4.78 is 21.0. The van der Waals surface area contributed by atoms with Crippen molar-refractivity contribution in [2.24, 2.45) is 13.0 Å². The van der Waals surface area contributed by atoms with Crippen LogP contribution in [0.2, 0.25) is 0 Å². The number of benzene rings is 2. The molecule has 33 heavy (non-hydrogen) atoms. The Balaban J connectivity index is 1.27. The Labute approximate surface area is 190 Å². The van der Waals surface area contributed by atoms with E-state index in [-0.39, 0.29) is 23.5 Å². The zero-order valence-corrected chi connectivity index (χ0v) is 18.3. The molecule has 7 nitrogen and oxygen atoms in total. The van der Waals surface area contributed by atoms with E-state index >= 15 is 0 Å². The van der Waals surface area contributed by atoms with Crippen LogP contribution in [0.1, 0.15) is 29.2 Å². The van der Waals surface area contributed by atoms with Crippen molar-refractivity contribution >= 4 is 5.91 Å². The fraction of sp³-hybridized carbons (Fsp3) is 0.280. The predicted octanol–water partition coefficient (Wildman–Crippen LogP) is 4.37. The molecule has 3 heterocycles. The molecule has 1 aliphatic heterocycles. The van der Waals surface area contributed by atoms with Crippen molar-refractivity contribution in [1.82, 2.24) is 24.8 Å². The Bertz CT molecular complexity index is 1270. The summed E-state index contributed by atoms with van der Waals surface area (Å²) in [6.45, 7) is 1.30. The first kappa shape index (κ1) is 21.1. The highest BCUT2D eigenvalue weighted by Crippen LogP contribution is 2.25. The van der Waals surface area contributed by atoms with Crippen LogP contribution in [0.4, 0.5) is 4.39 Å². The van der Waals surface area contributed by atoms with Crippen LogP contribution in [0, 0.1) is 11.7 Å². The minimum absolute atomic E-state index is 0.0329. The number of aromatic nitrogens is 4. The second kappa shape index (κ2) is 8.97. The van der Waals surface area contributed by atoms with Gasteiger partial charge in [0.25, 0.3) is 5.91 Å². The van der Waals surface area contributed by atoms with Crippen LogP contribution in [-0.4, -0.2) is 43.8 Å². The van der Waals surface area contributed by atoms with Gasteiger partial charge in [-0.05, 0) is 37.0 Å². The van der Waals surface area contributed by atoms with Crippen molar-refractivity contribution in [2.45, 2.75) is 19.3 Å². The van der Waals surface area contributed by atoms with Crippen LogP contribution < -0.4 is 0 Å². The summed E-state index contributed by atoms with van der Waals surface area (Å²) in [4.78, 5) is 19.5. The molecule has 1 unspecified atom stereocenters. The first-order valence-corrected chi connectivity index (χ1v) is 11.0. The Hall–Kier alpha value is -3.81. The first-order chi connectivity index (χ1) is 16.1. The number of rotatable bonds is 5. The summed E-state index contributed by atoms with van der Waals surface area (Å²) in [7, 11) is 1.80. The average Bonchev–Trinajstić information content (AvgIpc) is 3.46. The third-order valence-corrected chi connectivity index (χ3v) is 6.02. The summed E-state index contributed by atoms with van der Waals surface area (Å²) in [5.41, 5.74) is 2.64. The Kier molecular flexibility index (Phi) is 5.73. The van der Waals surface area contributed by atoms with E-state index in [1.54, 1.807) is 29.9 Å². The van der Waals surface area contributed by atoms with Crippen LogP contribution >= 0.6 is 0 Å². The van der Waals surface area contributed by atoms with Gasteiger partial charge in [-0.15, -0.1) is 0 Å². The molecule has 0 saturated carbocycles. The largest absolute Gasteiger partial charge is 0.339 e. The summed E-state index contributed by atoms with van der Waals surface area (Å²) in [6.07, 6.45) is 2.40. The zero-order valence-electron chi connectivity index (χ0n) is 18.3. The number of piperidine rings is 1. The lowest BCUT2D eigenvalue weighted by molar-refractivity contribution is 0.0657. The number of halogens is 1. The van der Waals surface area contributed by atoms with E-state index in [9.17, 15) is 9.18 Å². The summed E-state index contributed by atoms with van der Waals surface area (Å²) in [5, 5.41) is 8.47. The van der Waals surface area contributed by atoms with Gasteiger partial charge in [0.1, 0.15) is 11.5 Å². The van der Waals surface area contributed by atoms with Gasteiger partial charge in [-0.1, -0.05) is 47.6 Å². The predicted molar refractivity (Wildman–Crippen MR) is 121 cm³/mol. The Morgan fingerprint density at radius 1 is 1.15 bits per heavy atom. The number of carbonyl (C=O) groups excluding carboxylic acids is 1. The van der Waals surface area contributed by atoms with E-state index in [2.05, 4.69) is 15.2 Å². The third kappa shape index (κ3) is 4.41. The van der Waals surface area contributed by atoms with Crippen molar-refractivity contribution in [2.75, 3.05) is 13.1 Å². The lowest BCUT2D eigenvalue weighted by atomic mass is 9.94. The number of nitrogens with zero attached hydrogens (tertiary/aromatic N) is 5. The lowest BCUT2D eigenvalue weighted by Crippen LogP contribution is -2.41. The Morgan fingerprint density at radius 2 is 1.94 bits per heavy atom. The molecule has 0 radical (unpaired) electrons. The molecule has 0 aliphatic carbocycles. The lowest BCUT2D eigenvalue weighted by Gasteiger charge is -2.32. The molecule has 8 heteroatoms. The number of likely N-dealkylation sites (tertiary alicyclic amines) is 1. The van der Waals surface area contributed by atoms with Crippen molar-refractivity contribution < 1.29 is 13.7 Å². The smallest absolute Gasteiger partial charge is 0.272 e. The minimum atomic E-state index is -0.384. The molecule has 2 aromatic carbocycles. The van der Waals surface area contributed by atoms with Gasteiger partial charge in [0.05, 0.1) is 11.3 Å². The van der Waals surface area contributed by atoms with Gasteiger partial charge >= 0.3 is 0 Å². The highest BCUT2D eigenvalue weighted by Gasteiger charge is 2.28. The van der Waals surface area contributed by atoms with E-state index in [1.807, 2.05) is 41.3 Å². The van der Waals surface area contributed by atoms with Gasteiger partial charge in [-0.25, -0.2) is 4.39 Å². The van der Waals surface area contributed by atoms with Crippen LogP contribution in [0.3, 0.4) is 0 Å². The second-order valence-corrected chi connectivity index (χ2v) is 8.36. The standard InChI is InChI=1S/C25H24FN5O2/c1-30-22(15-21(28-30)18-9-3-2-4-10-18)25(32)31-13-7-8-17(16-31)14-23-27-24(29-33-23)19-11-5-6-12-20(19)26/h2-6,9-12,15,17H,7-8,13-14,16H2,1H3. The molecular formula is C25H24FN5O2. The van der Waals surface area contributed by atoms with Crippen molar-refractivity contribution in [3.05, 3.63) is 78.1 Å². The van der Waals surface area contributed by atoms with Gasteiger partial charge < -0.3 is 9.42 Å². The molecule has 2 aromatic heterocycles. The van der Waals surface area contributed by atoms with Crippen LogP contribution in [0.25, 0.3) is 22.6 Å². The fourth-order valence-electron chi connectivity index (χ4n) is 4.33. The highest BCUT2D eigenvalue weighted by molar-refractivity contribution is 5.93. The number of hydrogen-bond acceptors (Lipinski definition) is 5. The molecule has 4 aromatic rings. The molecule has 1 aliphatic rings. The van der Waals surface area contributed by atoms with Crippen LogP contribution in [0.5, 0.6) is 0 Å². The third-order valence-electron chi connectivity index (χ3n) is 6.02. The van der Waals surface area contributed by atoms with E-state index in [0.29, 0.717) is 36.7 Å². The molecule has 0 N–H and O–H groups in total. The van der Waals surface area contributed by atoms with E-state index in [0.717, 1.165) is 24.1 Å². The van der Waals surface area contributed by atoms with Gasteiger partial charge in [-0.3, -0.25) is 9.48 Å². The molecular weight excluding hydrogens is 421 g/mol. The van der Waals surface area contributed by atoms with E-state index < -0.39 is 0 Å². The number of aryl methyl sites for hydroxylation is 1. The topological polar surface area (TPSA) is 77.1 Å².